The van der Waals surface area contributed by atoms with Gasteiger partial charge in [-0.15, -0.1) is 0 Å². The molecule has 0 aromatic heterocycles. The average Bonchev–Trinajstić information content (AvgIpc) is 3.42. The molecule has 0 N–H and O–H groups in total. The molecule has 0 radical (unpaired) electrons. The summed E-state index contributed by atoms with van der Waals surface area (Å²) in [6.45, 7) is 1.40. The summed E-state index contributed by atoms with van der Waals surface area (Å²) in [5.41, 5.74) is 1.80. The molecule has 2 aromatic carbocycles. The topological polar surface area (TPSA) is 40.6 Å². The van der Waals surface area contributed by atoms with E-state index in [-0.39, 0.29) is 28.7 Å². The molecule has 5 rings (SSSR count). The van der Waals surface area contributed by atoms with E-state index in [1.54, 1.807) is 0 Å². The highest BCUT2D eigenvalue weighted by molar-refractivity contribution is 5.90. The van der Waals surface area contributed by atoms with Crippen molar-refractivity contribution in [2.24, 2.45) is 5.41 Å². The highest BCUT2D eigenvalue weighted by atomic mass is 16.2. The summed E-state index contributed by atoms with van der Waals surface area (Å²) in [6.07, 6.45) is 7.51. The first kappa shape index (κ1) is 21.2. The molecule has 4 nitrogen and oxygen atoms in total. The molecule has 1 aliphatic carbocycles. The lowest BCUT2D eigenvalue weighted by atomic mass is 9.73. The number of carbonyl (C=O) groups excluding carboxylic acids is 2. The number of piperidine rings is 1. The summed E-state index contributed by atoms with van der Waals surface area (Å²) in [4.78, 5) is 31.2. The Labute approximate surface area is 191 Å². The van der Waals surface area contributed by atoms with Crippen LogP contribution >= 0.6 is 0 Å². The van der Waals surface area contributed by atoms with Crippen LogP contribution in [0, 0.1) is 5.41 Å². The summed E-state index contributed by atoms with van der Waals surface area (Å²) in [6, 6.07) is 21.1. The minimum atomic E-state index is -0.363. The number of rotatable bonds is 4. The van der Waals surface area contributed by atoms with E-state index in [0.29, 0.717) is 13.1 Å². The largest absolute Gasteiger partial charge is 0.342 e. The molecule has 0 bridgehead atoms. The van der Waals surface area contributed by atoms with Crippen molar-refractivity contribution in [2.45, 2.75) is 62.8 Å². The fourth-order valence-corrected chi connectivity index (χ4v) is 6.53. The number of hydrogen-bond donors (Lipinski definition) is 0. The van der Waals surface area contributed by atoms with Crippen LogP contribution in [0.5, 0.6) is 0 Å². The molecule has 1 saturated carbocycles. The Morgan fingerprint density at radius 2 is 1.50 bits per heavy atom. The van der Waals surface area contributed by atoms with Crippen molar-refractivity contribution in [1.82, 2.24) is 9.80 Å². The fraction of sp³-hybridized carbons (Fsp3) is 0.500. The van der Waals surface area contributed by atoms with E-state index >= 15 is 0 Å². The average molecular weight is 431 g/mol. The van der Waals surface area contributed by atoms with Gasteiger partial charge in [0.25, 0.3) is 0 Å². The SMILES string of the molecule is CN1C(=O)C2(CCN(C(=O)C3(c4ccccc4)CCCC3)CC2)C[C@@H]1Cc1ccccc1. The number of hydrogen-bond acceptors (Lipinski definition) is 2. The van der Waals surface area contributed by atoms with E-state index in [1.165, 1.54) is 11.1 Å². The summed E-state index contributed by atoms with van der Waals surface area (Å²) in [5.74, 6) is 0.569. The van der Waals surface area contributed by atoms with Crippen molar-refractivity contribution in [1.29, 1.82) is 0 Å². The quantitative estimate of drug-likeness (QED) is 0.712. The molecule has 2 amide bonds. The lowest BCUT2D eigenvalue weighted by molar-refractivity contribution is -0.145. The zero-order valence-electron chi connectivity index (χ0n) is 19.1. The standard InChI is InChI=1S/C28H34N2O2/c1-29-24(20-22-10-4-2-5-11-22)21-27(25(29)31)16-18-30(19-17-27)26(32)28(14-8-9-15-28)23-12-6-3-7-13-23/h2-7,10-13,24H,8-9,14-21H2,1H3/t24-/m0/s1. The van der Waals surface area contributed by atoms with Gasteiger partial charge in [0, 0.05) is 26.2 Å². The minimum Gasteiger partial charge on any atom is -0.342 e. The van der Waals surface area contributed by atoms with Crippen LogP contribution in [0.1, 0.15) is 56.1 Å². The number of carbonyl (C=O) groups is 2. The normalized spacial score (nSPS) is 24.3. The zero-order valence-corrected chi connectivity index (χ0v) is 19.1. The third kappa shape index (κ3) is 3.54. The first-order valence-electron chi connectivity index (χ1n) is 12.2. The summed E-state index contributed by atoms with van der Waals surface area (Å²) in [5, 5.41) is 0. The highest BCUT2D eigenvalue weighted by Crippen LogP contribution is 2.47. The lowest BCUT2D eigenvalue weighted by Gasteiger charge is -2.42. The maximum atomic E-state index is 13.8. The summed E-state index contributed by atoms with van der Waals surface area (Å²) < 4.78 is 0. The van der Waals surface area contributed by atoms with E-state index in [0.717, 1.165) is 51.4 Å². The van der Waals surface area contributed by atoms with Gasteiger partial charge in [-0.25, -0.2) is 0 Å². The van der Waals surface area contributed by atoms with Gasteiger partial charge in [-0.2, -0.15) is 0 Å². The van der Waals surface area contributed by atoms with E-state index in [4.69, 9.17) is 0 Å². The number of likely N-dealkylation sites (N-methyl/N-ethyl adjacent to an activating group) is 1. The number of likely N-dealkylation sites (tertiary alicyclic amines) is 2. The third-order valence-corrected chi connectivity index (χ3v) is 8.46. The van der Waals surface area contributed by atoms with Crippen molar-refractivity contribution in [3.8, 4) is 0 Å². The van der Waals surface area contributed by atoms with Crippen molar-refractivity contribution in [3.63, 3.8) is 0 Å². The molecule has 2 saturated heterocycles. The van der Waals surface area contributed by atoms with Crippen molar-refractivity contribution < 1.29 is 9.59 Å². The predicted molar refractivity (Wildman–Crippen MR) is 126 cm³/mol. The molecule has 2 heterocycles. The summed E-state index contributed by atoms with van der Waals surface area (Å²) in [7, 11) is 1.96. The molecule has 4 heteroatoms. The maximum absolute atomic E-state index is 13.8. The second-order valence-electron chi connectivity index (χ2n) is 10.2. The van der Waals surface area contributed by atoms with Gasteiger partial charge in [0.1, 0.15) is 0 Å². The molecule has 3 fully saturated rings. The Kier molecular flexibility index (Phi) is 5.56. The van der Waals surface area contributed by atoms with Gasteiger partial charge in [0.15, 0.2) is 0 Å². The van der Waals surface area contributed by atoms with Crippen LogP contribution < -0.4 is 0 Å². The highest BCUT2D eigenvalue weighted by Gasteiger charge is 2.53. The van der Waals surface area contributed by atoms with Crippen LogP contribution in [-0.2, 0) is 21.4 Å². The molecule has 2 aliphatic heterocycles. The first-order valence-corrected chi connectivity index (χ1v) is 12.2. The van der Waals surface area contributed by atoms with E-state index in [9.17, 15) is 9.59 Å². The molecule has 0 unspecified atom stereocenters. The van der Waals surface area contributed by atoms with Crippen LogP contribution in [0.25, 0.3) is 0 Å². The molecular weight excluding hydrogens is 396 g/mol. The van der Waals surface area contributed by atoms with Crippen LogP contribution in [0.2, 0.25) is 0 Å². The van der Waals surface area contributed by atoms with Crippen molar-refractivity contribution >= 4 is 11.8 Å². The fourth-order valence-electron chi connectivity index (χ4n) is 6.53. The third-order valence-electron chi connectivity index (χ3n) is 8.46. The Bertz CT molecular complexity index is 957. The predicted octanol–water partition coefficient (Wildman–Crippen LogP) is 4.58. The Hall–Kier alpha value is -2.62. The molecule has 1 atom stereocenters. The van der Waals surface area contributed by atoms with Gasteiger partial charge >= 0.3 is 0 Å². The van der Waals surface area contributed by atoms with Crippen LogP contribution in [0.3, 0.4) is 0 Å². The molecule has 1 spiro atoms. The monoisotopic (exact) mass is 430 g/mol. The van der Waals surface area contributed by atoms with Crippen LogP contribution in [-0.4, -0.2) is 47.8 Å². The van der Waals surface area contributed by atoms with Gasteiger partial charge in [0.2, 0.25) is 11.8 Å². The Morgan fingerprint density at radius 1 is 0.906 bits per heavy atom. The molecular formula is C28H34N2O2. The number of nitrogens with zero attached hydrogens (tertiary/aromatic N) is 2. The smallest absolute Gasteiger partial charge is 0.233 e. The second-order valence-corrected chi connectivity index (χ2v) is 10.2. The van der Waals surface area contributed by atoms with Gasteiger partial charge in [-0.05, 0) is 49.7 Å². The van der Waals surface area contributed by atoms with Gasteiger partial charge < -0.3 is 9.80 Å². The summed E-state index contributed by atoms with van der Waals surface area (Å²) >= 11 is 0. The van der Waals surface area contributed by atoms with E-state index in [1.807, 2.05) is 36.2 Å². The molecule has 3 aliphatic rings. The number of amides is 2. The second kappa shape index (κ2) is 8.38. The Morgan fingerprint density at radius 3 is 2.12 bits per heavy atom. The molecule has 168 valence electrons. The van der Waals surface area contributed by atoms with Crippen molar-refractivity contribution in [3.05, 3.63) is 71.8 Å². The van der Waals surface area contributed by atoms with Gasteiger partial charge in [-0.3, -0.25) is 9.59 Å². The van der Waals surface area contributed by atoms with Crippen LogP contribution in [0.15, 0.2) is 60.7 Å². The number of benzene rings is 2. The Balaban J connectivity index is 1.29. The van der Waals surface area contributed by atoms with Crippen LogP contribution in [0.4, 0.5) is 0 Å². The minimum absolute atomic E-state index is 0.248. The lowest BCUT2D eigenvalue weighted by Crippen LogP contribution is -2.51. The maximum Gasteiger partial charge on any atom is 0.233 e. The van der Waals surface area contributed by atoms with Gasteiger partial charge in [0.05, 0.1) is 10.8 Å². The first-order chi connectivity index (χ1) is 15.5. The van der Waals surface area contributed by atoms with E-state index < -0.39 is 0 Å². The zero-order chi connectivity index (χ0) is 22.2. The molecule has 2 aromatic rings. The van der Waals surface area contributed by atoms with Gasteiger partial charge in [-0.1, -0.05) is 73.5 Å². The van der Waals surface area contributed by atoms with E-state index in [2.05, 4.69) is 41.3 Å². The molecule has 32 heavy (non-hydrogen) atoms. The van der Waals surface area contributed by atoms with Crippen molar-refractivity contribution in [2.75, 3.05) is 20.1 Å².